The molecular formula is C15H20OSe. The first-order valence-electron chi connectivity index (χ1n) is 6.73. The van der Waals surface area contributed by atoms with Crippen molar-refractivity contribution in [2.75, 3.05) is 0 Å². The Balaban J connectivity index is 1.77. The summed E-state index contributed by atoms with van der Waals surface area (Å²) in [5.41, 5.74) is 1.45. The standard InChI is InChI=1S/C15H20OSe/c16-13-10-15(11-6-2-1-3-7-11)17-14-9-5-4-8-12(13)14/h1-3,6-7,12-16H,4-5,8-10H2. The van der Waals surface area contributed by atoms with Crippen molar-refractivity contribution in [2.45, 2.75) is 47.8 Å². The molecule has 92 valence electrons. The van der Waals surface area contributed by atoms with Crippen molar-refractivity contribution in [3.05, 3.63) is 35.9 Å². The first-order chi connectivity index (χ1) is 8.34. The summed E-state index contributed by atoms with van der Waals surface area (Å²) < 4.78 is 0. The third-order valence-electron chi connectivity index (χ3n) is 4.21. The molecule has 1 aromatic carbocycles. The Bertz CT molecular complexity index is 364. The molecule has 17 heavy (non-hydrogen) atoms. The Morgan fingerprint density at radius 3 is 2.65 bits per heavy atom. The summed E-state index contributed by atoms with van der Waals surface area (Å²) in [4.78, 5) is 1.49. The van der Waals surface area contributed by atoms with Gasteiger partial charge in [-0.05, 0) is 0 Å². The molecule has 1 aliphatic carbocycles. The van der Waals surface area contributed by atoms with E-state index in [-0.39, 0.29) is 6.10 Å². The van der Waals surface area contributed by atoms with E-state index in [4.69, 9.17) is 0 Å². The van der Waals surface area contributed by atoms with Crippen LogP contribution in [0.4, 0.5) is 0 Å². The Morgan fingerprint density at radius 2 is 1.82 bits per heavy atom. The average molecular weight is 295 g/mol. The maximum atomic E-state index is 10.3. The molecule has 1 N–H and O–H groups in total. The van der Waals surface area contributed by atoms with Crippen LogP contribution in [-0.4, -0.2) is 26.2 Å². The fraction of sp³-hybridized carbons (Fsp3) is 0.600. The van der Waals surface area contributed by atoms with Crippen molar-refractivity contribution < 1.29 is 5.11 Å². The van der Waals surface area contributed by atoms with Gasteiger partial charge in [0.1, 0.15) is 0 Å². The van der Waals surface area contributed by atoms with Crippen molar-refractivity contribution in [3.63, 3.8) is 0 Å². The molecule has 1 nitrogen and oxygen atoms in total. The molecule has 4 atom stereocenters. The van der Waals surface area contributed by atoms with Gasteiger partial charge in [-0.1, -0.05) is 0 Å². The number of aliphatic hydroxyl groups excluding tert-OH is 1. The van der Waals surface area contributed by atoms with E-state index in [1.54, 1.807) is 0 Å². The van der Waals surface area contributed by atoms with E-state index < -0.39 is 0 Å². The number of hydrogen-bond donors (Lipinski definition) is 1. The van der Waals surface area contributed by atoms with Gasteiger partial charge in [0, 0.05) is 0 Å². The Hall–Kier alpha value is -0.301. The molecule has 2 aliphatic rings. The molecule has 3 rings (SSSR count). The quantitative estimate of drug-likeness (QED) is 0.789. The molecule has 2 heteroatoms. The third-order valence-corrected chi connectivity index (χ3v) is 7.84. The van der Waals surface area contributed by atoms with E-state index in [0.29, 0.717) is 25.7 Å². The van der Waals surface area contributed by atoms with Gasteiger partial charge >= 0.3 is 110 Å². The fourth-order valence-corrected chi connectivity index (χ4v) is 7.19. The molecule has 1 aliphatic heterocycles. The topological polar surface area (TPSA) is 20.2 Å². The van der Waals surface area contributed by atoms with Crippen molar-refractivity contribution in [2.24, 2.45) is 5.92 Å². The average Bonchev–Trinajstić information content (AvgIpc) is 2.40. The van der Waals surface area contributed by atoms with Gasteiger partial charge in [0.25, 0.3) is 0 Å². The van der Waals surface area contributed by atoms with E-state index in [9.17, 15) is 5.11 Å². The summed E-state index contributed by atoms with van der Waals surface area (Å²) in [5, 5.41) is 10.3. The summed E-state index contributed by atoms with van der Waals surface area (Å²) in [5.74, 6) is 0.628. The molecule has 0 amide bonds. The molecule has 0 spiro atoms. The second-order valence-electron chi connectivity index (χ2n) is 5.33. The number of benzene rings is 1. The van der Waals surface area contributed by atoms with E-state index in [2.05, 4.69) is 30.3 Å². The zero-order valence-corrected chi connectivity index (χ0v) is 11.8. The first kappa shape index (κ1) is 11.8. The Labute approximate surface area is 110 Å². The zero-order chi connectivity index (χ0) is 11.7. The summed E-state index contributed by atoms with van der Waals surface area (Å²) in [6.45, 7) is 0. The molecule has 0 radical (unpaired) electrons. The van der Waals surface area contributed by atoms with Gasteiger partial charge in [-0.15, -0.1) is 0 Å². The van der Waals surface area contributed by atoms with Crippen molar-refractivity contribution >= 4 is 15.0 Å². The van der Waals surface area contributed by atoms with Crippen LogP contribution < -0.4 is 0 Å². The first-order valence-corrected chi connectivity index (χ1v) is 8.71. The van der Waals surface area contributed by atoms with Gasteiger partial charge in [-0.25, -0.2) is 0 Å². The van der Waals surface area contributed by atoms with Crippen LogP contribution in [0.2, 0.25) is 4.82 Å². The number of hydrogen-bond acceptors (Lipinski definition) is 1. The molecule has 1 saturated heterocycles. The van der Waals surface area contributed by atoms with E-state index in [1.807, 2.05) is 0 Å². The van der Waals surface area contributed by atoms with Crippen molar-refractivity contribution in [3.8, 4) is 0 Å². The van der Waals surface area contributed by atoms with Gasteiger partial charge < -0.3 is 0 Å². The molecule has 0 aromatic heterocycles. The van der Waals surface area contributed by atoms with Crippen molar-refractivity contribution in [1.82, 2.24) is 0 Å². The maximum absolute atomic E-state index is 10.3. The molecule has 1 aromatic rings. The van der Waals surface area contributed by atoms with Crippen LogP contribution in [0.3, 0.4) is 0 Å². The van der Waals surface area contributed by atoms with E-state index in [0.717, 1.165) is 11.2 Å². The normalized spacial score (nSPS) is 37.5. The van der Waals surface area contributed by atoms with E-state index >= 15 is 0 Å². The van der Waals surface area contributed by atoms with E-state index in [1.165, 1.54) is 31.2 Å². The number of aliphatic hydroxyl groups is 1. The van der Waals surface area contributed by atoms with Crippen LogP contribution in [-0.2, 0) is 0 Å². The number of rotatable bonds is 1. The second-order valence-corrected chi connectivity index (χ2v) is 8.36. The minimum atomic E-state index is -0.0406. The van der Waals surface area contributed by atoms with Crippen LogP contribution in [0, 0.1) is 5.92 Å². The van der Waals surface area contributed by atoms with Crippen LogP contribution in [0.25, 0.3) is 0 Å². The van der Waals surface area contributed by atoms with Crippen LogP contribution in [0.1, 0.15) is 42.5 Å². The van der Waals surface area contributed by atoms with Gasteiger partial charge in [0.15, 0.2) is 0 Å². The predicted molar refractivity (Wildman–Crippen MR) is 71.3 cm³/mol. The summed E-state index contributed by atoms with van der Waals surface area (Å²) >= 11 is 0.686. The van der Waals surface area contributed by atoms with Crippen LogP contribution in [0.15, 0.2) is 30.3 Å². The monoisotopic (exact) mass is 296 g/mol. The van der Waals surface area contributed by atoms with Gasteiger partial charge in [-0.2, -0.15) is 0 Å². The fourth-order valence-electron chi connectivity index (χ4n) is 3.28. The molecule has 2 fully saturated rings. The Kier molecular flexibility index (Phi) is 3.56. The van der Waals surface area contributed by atoms with Gasteiger partial charge in [0.2, 0.25) is 0 Å². The van der Waals surface area contributed by atoms with Crippen LogP contribution >= 0.6 is 0 Å². The van der Waals surface area contributed by atoms with Crippen LogP contribution in [0.5, 0.6) is 0 Å². The third kappa shape index (κ3) is 2.45. The summed E-state index contributed by atoms with van der Waals surface area (Å²) in [6.07, 6.45) is 6.33. The second kappa shape index (κ2) is 5.14. The van der Waals surface area contributed by atoms with Gasteiger partial charge in [-0.3, -0.25) is 0 Å². The summed E-state index contributed by atoms with van der Waals surface area (Å²) in [7, 11) is 0. The Morgan fingerprint density at radius 1 is 1.06 bits per heavy atom. The van der Waals surface area contributed by atoms with Gasteiger partial charge in [0.05, 0.1) is 0 Å². The molecule has 0 bridgehead atoms. The van der Waals surface area contributed by atoms with Crippen molar-refractivity contribution in [1.29, 1.82) is 0 Å². The summed E-state index contributed by atoms with van der Waals surface area (Å²) in [6, 6.07) is 10.8. The molecule has 1 saturated carbocycles. The molecular weight excluding hydrogens is 275 g/mol. The SMILES string of the molecule is OC1CC(c2ccccc2)[Se]C2CCCCC12. The number of fused-ring (bicyclic) bond motifs is 1. The molecule has 4 unspecified atom stereocenters. The predicted octanol–water partition coefficient (Wildman–Crippen LogP) is 3.18. The zero-order valence-electron chi connectivity index (χ0n) is 10.1. The molecule has 1 heterocycles. The minimum absolute atomic E-state index is 0.0406.